The van der Waals surface area contributed by atoms with E-state index in [9.17, 15) is 4.79 Å². The molecule has 2 aliphatic heterocycles. The third-order valence-electron chi connectivity index (χ3n) is 2.49. The predicted octanol–water partition coefficient (Wildman–Crippen LogP) is 1.31. The first-order chi connectivity index (χ1) is 5.31. The minimum absolute atomic E-state index is 0.104. The van der Waals surface area contributed by atoms with E-state index in [1.54, 1.807) is 0 Å². The minimum Gasteiger partial charge on any atom is -0.366 e. The summed E-state index contributed by atoms with van der Waals surface area (Å²) in [5.41, 5.74) is 0. The van der Waals surface area contributed by atoms with Crippen molar-refractivity contribution in [3.8, 4) is 0 Å². The first-order valence-electron chi connectivity index (χ1n) is 4.17. The molecule has 0 unspecified atom stereocenters. The van der Waals surface area contributed by atoms with Gasteiger partial charge in [0.25, 0.3) is 0 Å². The molecule has 3 atom stereocenters. The van der Waals surface area contributed by atoms with Crippen LogP contribution in [0.1, 0.15) is 19.8 Å². The van der Waals surface area contributed by atoms with Crippen LogP contribution in [0.2, 0.25) is 0 Å². The average Bonchev–Trinajstić information content (AvgIpc) is 2.62. The van der Waals surface area contributed by atoms with Gasteiger partial charge in [-0.05, 0) is 6.42 Å². The summed E-state index contributed by atoms with van der Waals surface area (Å²) >= 11 is 0. The van der Waals surface area contributed by atoms with Crippen molar-refractivity contribution >= 4 is 5.78 Å². The molecule has 2 nitrogen and oxygen atoms in total. The molecule has 11 heavy (non-hydrogen) atoms. The maximum absolute atomic E-state index is 11.3. The van der Waals surface area contributed by atoms with Gasteiger partial charge in [-0.1, -0.05) is 19.1 Å². The molecule has 0 N–H and O–H groups in total. The van der Waals surface area contributed by atoms with Gasteiger partial charge in [0.05, 0.1) is 18.1 Å². The molecule has 1 fully saturated rings. The minimum atomic E-state index is 0.104. The third-order valence-corrected chi connectivity index (χ3v) is 2.49. The van der Waals surface area contributed by atoms with Gasteiger partial charge in [0, 0.05) is 6.42 Å². The van der Waals surface area contributed by atoms with Crippen molar-refractivity contribution < 1.29 is 9.53 Å². The molecule has 2 rings (SSSR count). The molecular formula is C9H12O2. The molecule has 0 radical (unpaired) electrons. The Morgan fingerprint density at radius 3 is 2.91 bits per heavy atom. The van der Waals surface area contributed by atoms with Crippen LogP contribution in [-0.2, 0) is 9.53 Å². The fraction of sp³-hybridized carbons (Fsp3) is 0.667. The summed E-state index contributed by atoms with van der Waals surface area (Å²) in [4.78, 5) is 11.3. The van der Waals surface area contributed by atoms with Gasteiger partial charge >= 0.3 is 0 Å². The zero-order valence-corrected chi connectivity index (χ0v) is 6.62. The van der Waals surface area contributed by atoms with E-state index in [1.807, 2.05) is 13.0 Å². The highest BCUT2D eigenvalue weighted by Gasteiger charge is 2.39. The van der Waals surface area contributed by atoms with Gasteiger partial charge in [-0.2, -0.15) is 0 Å². The van der Waals surface area contributed by atoms with E-state index in [0.717, 1.165) is 6.42 Å². The fourth-order valence-electron chi connectivity index (χ4n) is 1.85. The topological polar surface area (TPSA) is 26.3 Å². The van der Waals surface area contributed by atoms with Crippen LogP contribution in [0.25, 0.3) is 0 Å². The highest BCUT2D eigenvalue weighted by Crippen LogP contribution is 2.34. The molecule has 0 spiro atoms. The van der Waals surface area contributed by atoms with Crippen LogP contribution in [0.3, 0.4) is 0 Å². The summed E-state index contributed by atoms with van der Waals surface area (Å²) < 4.78 is 5.48. The molecular weight excluding hydrogens is 140 g/mol. The van der Waals surface area contributed by atoms with Gasteiger partial charge in [0.15, 0.2) is 0 Å². The Balaban J connectivity index is 2.08. The summed E-state index contributed by atoms with van der Waals surface area (Å²) in [5, 5.41) is 0. The van der Waals surface area contributed by atoms with Crippen LogP contribution < -0.4 is 0 Å². The van der Waals surface area contributed by atoms with Crippen molar-refractivity contribution in [1.29, 1.82) is 0 Å². The zero-order chi connectivity index (χ0) is 7.84. The number of hydrogen-bond acceptors (Lipinski definition) is 2. The number of rotatable bonds is 2. The van der Waals surface area contributed by atoms with Crippen molar-refractivity contribution in [2.24, 2.45) is 5.92 Å². The van der Waals surface area contributed by atoms with Gasteiger partial charge in [-0.25, -0.2) is 0 Å². The van der Waals surface area contributed by atoms with Crippen LogP contribution in [-0.4, -0.2) is 18.0 Å². The second kappa shape index (κ2) is 2.45. The largest absolute Gasteiger partial charge is 0.366 e. The van der Waals surface area contributed by atoms with E-state index in [2.05, 4.69) is 6.08 Å². The van der Waals surface area contributed by atoms with Gasteiger partial charge in [0.1, 0.15) is 5.78 Å². The summed E-state index contributed by atoms with van der Waals surface area (Å²) in [6.07, 6.45) is 5.98. The molecule has 2 heteroatoms. The number of Topliss-reactive ketones (excluding diaryl/α,β-unsaturated/α-hetero) is 1. The Kier molecular flexibility index (Phi) is 1.57. The molecule has 0 aliphatic carbocycles. The Labute approximate surface area is 66.2 Å². The lowest BCUT2D eigenvalue weighted by atomic mass is 9.89. The predicted molar refractivity (Wildman–Crippen MR) is 41.2 cm³/mol. The average molecular weight is 152 g/mol. The van der Waals surface area contributed by atoms with E-state index in [0.29, 0.717) is 12.2 Å². The summed E-state index contributed by atoms with van der Waals surface area (Å²) in [5.74, 6) is 0.511. The third kappa shape index (κ3) is 1.02. The van der Waals surface area contributed by atoms with E-state index in [1.165, 1.54) is 0 Å². The molecule has 0 amide bonds. The van der Waals surface area contributed by atoms with Crippen molar-refractivity contribution in [2.45, 2.75) is 32.0 Å². The lowest BCUT2D eigenvalue weighted by Crippen LogP contribution is -2.22. The summed E-state index contributed by atoms with van der Waals surface area (Å²) in [6.45, 7) is 1.91. The Hall–Kier alpha value is -0.630. The second-order valence-corrected chi connectivity index (χ2v) is 3.19. The van der Waals surface area contributed by atoms with Crippen molar-refractivity contribution in [1.82, 2.24) is 0 Å². The molecule has 2 aliphatic rings. The molecule has 0 aromatic rings. The van der Waals surface area contributed by atoms with E-state index < -0.39 is 0 Å². The van der Waals surface area contributed by atoms with E-state index >= 15 is 0 Å². The van der Waals surface area contributed by atoms with Crippen LogP contribution in [0.15, 0.2) is 12.2 Å². The first kappa shape index (κ1) is 7.04. The first-order valence-corrected chi connectivity index (χ1v) is 4.17. The Morgan fingerprint density at radius 2 is 2.45 bits per heavy atom. The molecule has 60 valence electrons. The Morgan fingerprint density at radius 1 is 1.64 bits per heavy atom. The number of carbonyl (C=O) groups is 1. The van der Waals surface area contributed by atoms with Crippen molar-refractivity contribution in [3.63, 3.8) is 0 Å². The number of ether oxygens (including phenoxy) is 1. The van der Waals surface area contributed by atoms with E-state index in [4.69, 9.17) is 4.74 Å². The van der Waals surface area contributed by atoms with Gasteiger partial charge in [0.2, 0.25) is 0 Å². The molecule has 2 bridgehead atoms. The van der Waals surface area contributed by atoms with E-state index in [-0.39, 0.29) is 18.1 Å². The normalized spacial score (nSPS) is 39.9. The molecule has 2 heterocycles. The smallest absolute Gasteiger partial charge is 0.138 e. The summed E-state index contributed by atoms with van der Waals surface area (Å²) in [7, 11) is 0. The SMILES string of the molecule is CCC(=O)[C@H]1C[C@H]2C=C[C@@H]1O2. The van der Waals surface area contributed by atoms with Crippen LogP contribution in [0, 0.1) is 5.92 Å². The Bertz CT molecular complexity index is 208. The van der Waals surface area contributed by atoms with Gasteiger partial charge < -0.3 is 4.74 Å². The van der Waals surface area contributed by atoms with Crippen molar-refractivity contribution in [2.75, 3.05) is 0 Å². The summed E-state index contributed by atoms with van der Waals surface area (Å²) in [6, 6.07) is 0. The quantitative estimate of drug-likeness (QED) is 0.558. The highest BCUT2D eigenvalue weighted by molar-refractivity contribution is 5.82. The highest BCUT2D eigenvalue weighted by atomic mass is 16.5. The van der Waals surface area contributed by atoms with Crippen molar-refractivity contribution in [3.05, 3.63) is 12.2 Å². The van der Waals surface area contributed by atoms with Crippen LogP contribution >= 0.6 is 0 Å². The fourth-order valence-corrected chi connectivity index (χ4v) is 1.85. The number of hydrogen-bond donors (Lipinski definition) is 0. The molecule has 0 saturated carbocycles. The maximum atomic E-state index is 11.3. The van der Waals surface area contributed by atoms with Crippen LogP contribution in [0.4, 0.5) is 0 Å². The van der Waals surface area contributed by atoms with Crippen LogP contribution in [0.5, 0.6) is 0 Å². The standard InChI is InChI=1S/C9H12O2/c1-2-8(10)7-5-6-3-4-9(7)11-6/h3-4,6-7,9H,2,5H2,1H3/t6-,7-,9+/m1/s1. The maximum Gasteiger partial charge on any atom is 0.138 e. The van der Waals surface area contributed by atoms with Gasteiger partial charge in [-0.3, -0.25) is 4.79 Å². The zero-order valence-electron chi connectivity index (χ0n) is 6.62. The molecule has 0 aromatic carbocycles. The number of fused-ring (bicyclic) bond motifs is 2. The number of carbonyl (C=O) groups excluding carboxylic acids is 1. The number of ketones is 1. The second-order valence-electron chi connectivity index (χ2n) is 3.19. The lowest BCUT2D eigenvalue weighted by Gasteiger charge is -2.11. The molecule has 0 aromatic heterocycles. The monoisotopic (exact) mass is 152 g/mol. The van der Waals surface area contributed by atoms with Gasteiger partial charge in [-0.15, -0.1) is 0 Å². The molecule has 1 saturated heterocycles. The lowest BCUT2D eigenvalue weighted by molar-refractivity contribution is -0.123.